The van der Waals surface area contributed by atoms with Crippen LogP contribution in [0.3, 0.4) is 0 Å². The van der Waals surface area contributed by atoms with Crippen LogP contribution in [0, 0.1) is 11.8 Å². The summed E-state index contributed by atoms with van der Waals surface area (Å²) in [7, 11) is 0. The smallest absolute Gasteiger partial charge is 0.0960 e. The molecule has 0 N–H and O–H groups in total. The topological polar surface area (TPSA) is 19.9 Å². The lowest BCUT2D eigenvalue weighted by molar-refractivity contribution is 0.0576. The molecule has 0 saturated heterocycles. The molecule has 1 radical (unpaired) electrons. The average molecular weight is 125 g/mol. The second-order valence-electron chi connectivity index (χ2n) is 3.55. The molecule has 2 saturated carbocycles. The van der Waals surface area contributed by atoms with Crippen molar-refractivity contribution < 1.29 is 5.11 Å². The second kappa shape index (κ2) is 1.98. The van der Waals surface area contributed by atoms with E-state index in [0.29, 0.717) is 5.92 Å². The van der Waals surface area contributed by atoms with Gasteiger partial charge in [-0.05, 0) is 31.1 Å². The molecule has 2 rings (SSSR count). The maximum atomic E-state index is 11.1. The van der Waals surface area contributed by atoms with Gasteiger partial charge in [0.25, 0.3) is 0 Å². The van der Waals surface area contributed by atoms with Crippen LogP contribution in [0.15, 0.2) is 0 Å². The van der Waals surface area contributed by atoms with Gasteiger partial charge in [-0.3, -0.25) is 0 Å². The van der Waals surface area contributed by atoms with Crippen molar-refractivity contribution in [3.05, 3.63) is 0 Å². The maximum Gasteiger partial charge on any atom is 0.0960 e. The van der Waals surface area contributed by atoms with E-state index in [2.05, 4.69) is 0 Å². The number of hydrogen-bond donors (Lipinski definition) is 0. The molecule has 0 heterocycles. The van der Waals surface area contributed by atoms with Gasteiger partial charge < -0.3 is 0 Å². The Hall–Kier alpha value is -0.0400. The van der Waals surface area contributed by atoms with Crippen molar-refractivity contribution in [3.8, 4) is 0 Å². The fourth-order valence-corrected chi connectivity index (χ4v) is 1.34. The monoisotopic (exact) mass is 125 g/mol. The van der Waals surface area contributed by atoms with Gasteiger partial charge in [0.1, 0.15) is 0 Å². The first-order chi connectivity index (χ1) is 4.36. The van der Waals surface area contributed by atoms with Gasteiger partial charge in [0, 0.05) is 0 Å². The molecule has 2 fully saturated rings. The van der Waals surface area contributed by atoms with Crippen LogP contribution in [-0.4, -0.2) is 6.10 Å². The van der Waals surface area contributed by atoms with E-state index < -0.39 is 0 Å². The van der Waals surface area contributed by atoms with E-state index in [0.717, 1.165) is 12.3 Å². The van der Waals surface area contributed by atoms with Crippen LogP contribution in [0.4, 0.5) is 0 Å². The Morgan fingerprint density at radius 2 is 1.89 bits per heavy atom. The Kier molecular flexibility index (Phi) is 1.26. The molecule has 0 aromatic rings. The summed E-state index contributed by atoms with van der Waals surface area (Å²) in [4.78, 5) is 0. The minimum absolute atomic E-state index is 0.183. The summed E-state index contributed by atoms with van der Waals surface area (Å²) in [6.45, 7) is 0. The van der Waals surface area contributed by atoms with Crippen molar-refractivity contribution in [2.45, 2.75) is 38.2 Å². The highest BCUT2D eigenvalue weighted by molar-refractivity contribution is 4.85. The van der Waals surface area contributed by atoms with E-state index in [-0.39, 0.29) is 6.10 Å². The van der Waals surface area contributed by atoms with Crippen LogP contribution in [0.2, 0.25) is 0 Å². The quantitative estimate of drug-likeness (QED) is 0.549. The standard InChI is InChI=1S/C8H13O/c9-8(7-3-4-7)5-6-1-2-6/h6-8H,1-5H2. The highest BCUT2D eigenvalue weighted by Crippen LogP contribution is 2.41. The fourth-order valence-electron chi connectivity index (χ4n) is 1.34. The highest BCUT2D eigenvalue weighted by Gasteiger charge is 2.35. The van der Waals surface area contributed by atoms with E-state index >= 15 is 0 Å². The molecule has 1 atom stereocenters. The average Bonchev–Trinajstić information content (AvgIpc) is 2.62. The molecule has 1 unspecified atom stereocenters. The minimum Gasteiger partial charge on any atom is -0.233 e. The summed E-state index contributed by atoms with van der Waals surface area (Å²) in [6, 6.07) is 0. The van der Waals surface area contributed by atoms with Crippen molar-refractivity contribution in [2.24, 2.45) is 11.8 Å². The Morgan fingerprint density at radius 1 is 1.22 bits per heavy atom. The molecule has 1 heteroatoms. The zero-order valence-electron chi connectivity index (χ0n) is 5.68. The van der Waals surface area contributed by atoms with Crippen molar-refractivity contribution in [2.75, 3.05) is 0 Å². The molecule has 2 aliphatic carbocycles. The second-order valence-corrected chi connectivity index (χ2v) is 3.55. The summed E-state index contributed by atoms with van der Waals surface area (Å²) in [5.41, 5.74) is 0. The van der Waals surface area contributed by atoms with E-state index in [9.17, 15) is 5.11 Å². The largest absolute Gasteiger partial charge is 0.233 e. The van der Waals surface area contributed by atoms with Gasteiger partial charge in [-0.15, -0.1) is 0 Å². The zero-order valence-corrected chi connectivity index (χ0v) is 5.68. The van der Waals surface area contributed by atoms with Gasteiger partial charge in [-0.2, -0.15) is 0 Å². The Labute approximate surface area is 56.1 Å². The summed E-state index contributed by atoms with van der Waals surface area (Å²) in [5.74, 6) is 1.43. The Morgan fingerprint density at radius 3 is 2.33 bits per heavy atom. The predicted octanol–water partition coefficient (Wildman–Crippen LogP) is 2.00. The first kappa shape index (κ1) is 5.72. The number of rotatable bonds is 3. The van der Waals surface area contributed by atoms with Gasteiger partial charge in [-0.25, -0.2) is 5.11 Å². The molecular formula is C8H13O. The van der Waals surface area contributed by atoms with Crippen LogP contribution in [0.5, 0.6) is 0 Å². The van der Waals surface area contributed by atoms with Crippen LogP contribution >= 0.6 is 0 Å². The first-order valence-corrected chi connectivity index (χ1v) is 4.02. The van der Waals surface area contributed by atoms with Gasteiger partial charge in [-0.1, -0.05) is 12.8 Å². The minimum atomic E-state index is -0.183. The lowest BCUT2D eigenvalue weighted by Gasteiger charge is -2.02. The molecule has 0 spiro atoms. The van der Waals surface area contributed by atoms with Crippen molar-refractivity contribution >= 4 is 0 Å². The molecule has 1 nitrogen and oxygen atoms in total. The molecule has 0 bridgehead atoms. The van der Waals surface area contributed by atoms with Crippen molar-refractivity contribution in [3.63, 3.8) is 0 Å². The van der Waals surface area contributed by atoms with E-state index in [1.807, 2.05) is 0 Å². The summed E-state index contributed by atoms with van der Waals surface area (Å²) in [5, 5.41) is 11.1. The summed E-state index contributed by atoms with van der Waals surface area (Å²) < 4.78 is 0. The van der Waals surface area contributed by atoms with E-state index in [1.54, 1.807) is 0 Å². The molecule has 0 aromatic carbocycles. The van der Waals surface area contributed by atoms with Gasteiger partial charge >= 0.3 is 0 Å². The third-order valence-electron chi connectivity index (χ3n) is 2.41. The van der Waals surface area contributed by atoms with Crippen molar-refractivity contribution in [1.29, 1.82) is 0 Å². The Bertz CT molecular complexity index is 103. The molecule has 9 heavy (non-hydrogen) atoms. The third-order valence-corrected chi connectivity index (χ3v) is 2.41. The van der Waals surface area contributed by atoms with Crippen LogP contribution in [0.25, 0.3) is 0 Å². The van der Waals surface area contributed by atoms with E-state index in [1.165, 1.54) is 25.7 Å². The third kappa shape index (κ3) is 1.45. The summed E-state index contributed by atoms with van der Waals surface area (Å²) in [6.07, 6.45) is 5.93. The predicted molar refractivity (Wildman–Crippen MR) is 34.5 cm³/mol. The Balaban J connectivity index is 1.69. The molecule has 0 amide bonds. The number of hydrogen-bond acceptors (Lipinski definition) is 0. The molecular weight excluding hydrogens is 112 g/mol. The van der Waals surface area contributed by atoms with Crippen LogP contribution in [0.1, 0.15) is 32.1 Å². The van der Waals surface area contributed by atoms with E-state index in [4.69, 9.17) is 0 Å². The van der Waals surface area contributed by atoms with Gasteiger partial charge in [0.2, 0.25) is 0 Å². The molecule has 51 valence electrons. The van der Waals surface area contributed by atoms with Crippen LogP contribution in [-0.2, 0) is 5.11 Å². The lowest BCUT2D eigenvalue weighted by atomic mass is 10.1. The van der Waals surface area contributed by atoms with Gasteiger partial charge in [0.15, 0.2) is 0 Å². The lowest BCUT2D eigenvalue weighted by Crippen LogP contribution is -2.07. The molecule has 0 aromatic heterocycles. The molecule has 0 aliphatic heterocycles. The maximum absolute atomic E-state index is 11.1. The van der Waals surface area contributed by atoms with Crippen LogP contribution < -0.4 is 0 Å². The highest BCUT2D eigenvalue weighted by atomic mass is 16.3. The summed E-state index contributed by atoms with van der Waals surface area (Å²) >= 11 is 0. The first-order valence-electron chi connectivity index (χ1n) is 4.02. The van der Waals surface area contributed by atoms with Gasteiger partial charge in [0.05, 0.1) is 6.10 Å². The normalized spacial score (nSPS) is 30.3. The fraction of sp³-hybridized carbons (Fsp3) is 1.00. The SMILES string of the molecule is [O]C(CC1CC1)C1CC1. The van der Waals surface area contributed by atoms with Crippen molar-refractivity contribution in [1.82, 2.24) is 0 Å². The zero-order chi connectivity index (χ0) is 6.27. The molecule has 2 aliphatic rings.